The topological polar surface area (TPSA) is 103 Å². The fourth-order valence-electron chi connectivity index (χ4n) is 1.44. The molecule has 0 bridgehead atoms. The minimum atomic E-state index is -3.72. The van der Waals surface area contributed by atoms with Crippen LogP contribution in [0.25, 0.3) is 0 Å². The number of benzene rings is 1. The summed E-state index contributed by atoms with van der Waals surface area (Å²) in [5.74, 6) is 0.496. The summed E-state index contributed by atoms with van der Waals surface area (Å²) in [6, 6.07) is 4.22. The highest BCUT2D eigenvalue weighted by Crippen LogP contribution is 2.23. The molecular formula is C10H12ClN5O2S. The van der Waals surface area contributed by atoms with Crippen molar-refractivity contribution in [3.8, 4) is 0 Å². The summed E-state index contributed by atoms with van der Waals surface area (Å²) in [5.41, 5.74) is 5.92. The molecule has 3 N–H and O–H groups in total. The SMILES string of the molecule is Cn1cnnc1CNS(=O)(=O)c1ccc(N)cc1Cl. The number of nitrogens with zero attached hydrogens (tertiary/aromatic N) is 3. The van der Waals surface area contributed by atoms with E-state index in [9.17, 15) is 8.42 Å². The zero-order chi connectivity index (χ0) is 14.0. The Morgan fingerprint density at radius 2 is 2.21 bits per heavy atom. The lowest BCUT2D eigenvalue weighted by molar-refractivity contribution is 0.577. The number of nitrogens with two attached hydrogens (primary N) is 1. The molecule has 19 heavy (non-hydrogen) atoms. The monoisotopic (exact) mass is 301 g/mol. The molecule has 0 spiro atoms. The van der Waals surface area contributed by atoms with Crippen LogP contribution in [-0.2, 0) is 23.6 Å². The second-order valence-corrected chi connectivity index (χ2v) is 6.02. The predicted octanol–water partition coefficient (Wildman–Crippen LogP) is 0.529. The predicted molar refractivity (Wildman–Crippen MR) is 70.9 cm³/mol. The Labute approximate surface area is 115 Å². The second-order valence-electron chi connectivity index (χ2n) is 3.87. The van der Waals surface area contributed by atoms with E-state index in [2.05, 4.69) is 14.9 Å². The van der Waals surface area contributed by atoms with Gasteiger partial charge in [0.1, 0.15) is 17.0 Å². The number of aromatic nitrogens is 3. The normalized spacial score (nSPS) is 11.7. The molecular weight excluding hydrogens is 290 g/mol. The Hall–Kier alpha value is -1.64. The van der Waals surface area contributed by atoms with Gasteiger partial charge in [0.2, 0.25) is 10.0 Å². The van der Waals surface area contributed by atoms with E-state index in [1.807, 2.05) is 0 Å². The lowest BCUT2D eigenvalue weighted by Crippen LogP contribution is -2.25. The quantitative estimate of drug-likeness (QED) is 0.802. The zero-order valence-electron chi connectivity index (χ0n) is 10.0. The van der Waals surface area contributed by atoms with Crippen LogP contribution in [0.4, 0.5) is 5.69 Å². The van der Waals surface area contributed by atoms with E-state index in [-0.39, 0.29) is 16.5 Å². The highest BCUT2D eigenvalue weighted by molar-refractivity contribution is 7.89. The summed E-state index contributed by atoms with van der Waals surface area (Å²) < 4.78 is 28.2. The van der Waals surface area contributed by atoms with Gasteiger partial charge in [-0.25, -0.2) is 13.1 Å². The molecule has 0 atom stereocenters. The number of halogens is 1. The van der Waals surface area contributed by atoms with Gasteiger partial charge in [0.25, 0.3) is 0 Å². The third kappa shape index (κ3) is 3.03. The molecule has 1 heterocycles. The third-order valence-corrected chi connectivity index (χ3v) is 4.36. The molecule has 0 fully saturated rings. The van der Waals surface area contributed by atoms with Crippen molar-refractivity contribution >= 4 is 27.3 Å². The van der Waals surface area contributed by atoms with Crippen molar-refractivity contribution in [3.05, 3.63) is 35.4 Å². The summed E-state index contributed by atoms with van der Waals surface area (Å²) in [4.78, 5) is -0.0227. The molecule has 0 saturated heterocycles. The summed E-state index contributed by atoms with van der Waals surface area (Å²) in [6.07, 6.45) is 1.49. The van der Waals surface area contributed by atoms with Crippen molar-refractivity contribution in [2.75, 3.05) is 5.73 Å². The molecule has 0 radical (unpaired) electrons. The smallest absolute Gasteiger partial charge is 0.242 e. The first kappa shape index (κ1) is 13.8. The van der Waals surface area contributed by atoms with Gasteiger partial charge in [0.15, 0.2) is 0 Å². The van der Waals surface area contributed by atoms with Gasteiger partial charge in [0, 0.05) is 12.7 Å². The minimum absolute atomic E-state index is 0.0227. The molecule has 7 nitrogen and oxygen atoms in total. The summed E-state index contributed by atoms with van der Waals surface area (Å²) in [7, 11) is -2.00. The van der Waals surface area contributed by atoms with Crippen molar-refractivity contribution in [2.24, 2.45) is 7.05 Å². The number of hydrogen-bond acceptors (Lipinski definition) is 5. The minimum Gasteiger partial charge on any atom is -0.399 e. The highest BCUT2D eigenvalue weighted by Gasteiger charge is 2.18. The first-order chi connectivity index (χ1) is 8.90. The molecule has 0 aliphatic rings. The molecule has 1 aromatic carbocycles. The number of aryl methyl sites for hydroxylation is 1. The van der Waals surface area contributed by atoms with Gasteiger partial charge in [-0.3, -0.25) is 0 Å². The highest BCUT2D eigenvalue weighted by atomic mass is 35.5. The van der Waals surface area contributed by atoms with Gasteiger partial charge in [-0.1, -0.05) is 11.6 Å². The maximum atomic E-state index is 12.1. The van der Waals surface area contributed by atoms with Crippen molar-refractivity contribution in [3.63, 3.8) is 0 Å². The van der Waals surface area contributed by atoms with Gasteiger partial charge in [0.05, 0.1) is 11.6 Å². The van der Waals surface area contributed by atoms with E-state index in [4.69, 9.17) is 17.3 Å². The lowest BCUT2D eigenvalue weighted by Gasteiger charge is -2.08. The average Bonchev–Trinajstić information content (AvgIpc) is 2.72. The Kier molecular flexibility index (Phi) is 3.74. The fraction of sp³-hybridized carbons (Fsp3) is 0.200. The molecule has 0 saturated carbocycles. The number of rotatable bonds is 4. The Morgan fingerprint density at radius 3 is 2.79 bits per heavy atom. The number of sulfonamides is 1. The average molecular weight is 302 g/mol. The van der Waals surface area contributed by atoms with E-state index in [1.165, 1.54) is 24.5 Å². The van der Waals surface area contributed by atoms with Gasteiger partial charge in [-0.05, 0) is 18.2 Å². The number of nitrogen functional groups attached to an aromatic ring is 1. The Bertz CT molecular complexity index is 698. The van der Waals surface area contributed by atoms with Crippen molar-refractivity contribution in [1.29, 1.82) is 0 Å². The lowest BCUT2D eigenvalue weighted by atomic mass is 10.3. The van der Waals surface area contributed by atoms with Crippen LogP contribution in [-0.4, -0.2) is 23.2 Å². The standard InChI is InChI=1S/C10H12ClN5O2S/c1-16-6-13-15-10(16)5-14-19(17,18)9-3-2-7(12)4-8(9)11/h2-4,6,14H,5,12H2,1H3. The van der Waals surface area contributed by atoms with Crippen molar-refractivity contribution in [1.82, 2.24) is 19.5 Å². The fourth-order valence-corrected chi connectivity index (χ4v) is 2.97. The van der Waals surface area contributed by atoms with E-state index in [1.54, 1.807) is 11.6 Å². The molecule has 0 aliphatic carbocycles. The third-order valence-electron chi connectivity index (χ3n) is 2.47. The zero-order valence-corrected chi connectivity index (χ0v) is 11.6. The molecule has 2 aromatic rings. The number of nitrogens with one attached hydrogen (secondary N) is 1. The maximum Gasteiger partial charge on any atom is 0.242 e. The van der Waals surface area contributed by atoms with Crippen LogP contribution in [0.15, 0.2) is 29.4 Å². The number of anilines is 1. The van der Waals surface area contributed by atoms with Crippen molar-refractivity contribution < 1.29 is 8.42 Å². The van der Waals surface area contributed by atoms with Gasteiger partial charge < -0.3 is 10.3 Å². The second kappa shape index (κ2) is 5.16. The van der Waals surface area contributed by atoms with Crippen molar-refractivity contribution in [2.45, 2.75) is 11.4 Å². The largest absolute Gasteiger partial charge is 0.399 e. The molecule has 9 heteroatoms. The van der Waals surface area contributed by atoms with E-state index >= 15 is 0 Å². The summed E-state index contributed by atoms with van der Waals surface area (Å²) in [6.45, 7) is 0.0273. The maximum absolute atomic E-state index is 12.1. The molecule has 1 aromatic heterocycles. The summed E-state index contributed by atoms with van der Waals surface area (Å²) in [5, 5.41) is 7.52. The molecule has 0 amide bonds. The molecule has 0 unspecified atom stereocenters. The first-order valence-electron chi connectivity index (χ1n) is 5.28. The molecule has 0 aliphatic heterocycles. The van der Waals surface area contributed by atoms with Crippen LogP contribution in [0.1, 0.15) is 5.82 Å². The van der Waals surface area contributed by atoms with Crippen LogP contribution in [0.5, 0.6) is 0 Å². The van der Waals surface area contributed by atoms with Crippen LogP contribution in [0.2, 0.25) is 5.02 Å². The van der Waals surface area contributed by atoms with Crippen LogP contribution in [0.3, 0.4) is 0 Å². The molecule has 102 valence electrons. The Morgan fingerprint density at radius 1 is 1.47 bits per heavy atom. The van der Waals surface area contributed by atoms with E-state index < -0.39 is 10.0 Å². The Balaban J connectivity index is 2.21. The van der Waals surface area contributed by atoms with Crippen LogP contribution >= 0.6 is 11.6 Å². The van der Waals surface area contributed by atoms with Crippen LogP contribution < -0.4 is 10.5 Å². The van der Waals surface area contributed by atoms with Gasteiger partial charge in [-0.15, -0.1) is 10.2 Å². The molecule has 2 rings (SSSR count). The van der Waals surface area contributed by atoms with Gasteiger partial charge in [-0.2, -0.15) is 0 Å². The van der Waals surface area contributed by atoms with Crippen LogP contribution in [0, 0.1) is 0 Å². The number of hydrogen-bond donors (Lipinski definition) is 2. The van der Waals surface area contributed by atoms with E-state index in [0.717, 1.165) is 0 Å². The first-order valence-corrected chi connectivity index (χ1v) is 7.14. The summed E-state index contributed by atoms with van der Waals surface area (Å²) >= 11 is 5.87. The van der Waals surface area contributed by atoms with Gasteiger partial charge >= 0.3 is 0 Å². The van der Waals surface area contributed by atoms with E-state index in [0.29, 0.717) is 11.5 Å².